The summed E-state index contributed by atoms with van der Waals surface area (Å²) in [7, 11) is 0. The van der Waals surface area contributed by atoms with E-state index in [9.17, 15) is 4.39 Å². The number of benzene rings is 1. The lowest BCUT2D eigenvalue weighted by Gasteiger charge is -2.12. The second kappa shape index (κ2) is 5.18. The topological polar surface area (TPSA) is 53.1 Å². The Morgan fingerprint density at radius 2 is 2.28 bits per heavy atom. The minimum Gasteiger partial charge on any atom is -0.491 e. The third-order valence-corrected chi connectivity index (χ3v) is 2.63. The first kappa shape index (κ1) is 12.6. The molecule has 2 N–H and O–H groups in total. The van der Waals surface area contributed by atoms with E-state index in [1.165, 1.54) is 6.07 Å². The molecule has 0 spiro atoms. The predicted molar refractivity (Wildman–Crippen MR) is 67.3 cm³/mol. The van der Waals surface area contributed by atoms with Crippen LogP contribution >= 0.6 is 0 Å². The maximum absolute atomic E-state index is 13.8. The Morgan fingerprint density at radius 1 is 1.50 bits per heavy atom. The van der Waals surface area contributed by atoms with Crippen molar-refractivity contribution in [3.05, 3.63) is 42.2 Å². The Morgan fingerprint density at radius 3 is 2.89 bits per heavy atom. The van der Waals surface area contributed by atoms with Crippen LogP contribution in [0.1, 0.15) is 25.6 Å². The van der Waals surface area contributed by atoms with Gasteiger partial charge in [0.2, 0.25) is 0 Å². The van der Waals surface area contributed by atoms with Gasteiger partial charge in [0, 0.05) is 12.1 Å². The van der Waals surface area contributed by atoms with Crippen LogP contribution in [0.5, 0.6) is 5.75 Å². The molecule has 1 aromatic carbocycles. The zero-order valence-electron chi connectivity index (χ0n) is 10.4. The van der Waals surface area contributed by atoms with Gasteiger partial charge in [-0.05, 0) is 26.0 Å². The molecule has 1 atom stereocenters. The molecular formula is C13H16FN3O. The van der Waals surface area contributed by atoms with Crippen molar-refractivity contribution in [1.82, 2.24) is 9.55 Å². The van der Waals surface area contributed by atoms with Gasteiger partial charge in [-0.25, -0.2) is 9.37 Å². The molecule has 5 heteroatoms. The summed E-state index contributed by atoms with van der Waals surface area (Å²) in [5.74, 6) is -0.137. The molecule has 0 saturated heterocycles. The number of aromatic nitrogens is 2. The van der Waals surface area contributed by atoms with Crippen molar-refractivity contribution in [1.29, 1.82) is 0 Å². The average Bonchev–Trinajstić information content (AvgIpc) is 2.81. The monoisotopic (exact) mass is 249 g/mol. The molecule has 2 rings (SSSR count). The summed E-state index contributed by atoms with van der Waals surface area (Å²) in [5.41, 5.74) is 7.35. The molecule has 0 fully saturated rings. The first-order valence-corrected chi connectivity index (χ1v) is 5.84. The Bertz CT molecular complexity index is 537. The molecule has 1 aromatic heterocycles. The molecule has 0 aliphatic heterocycles. The molecule has 0 unspecified atom stereocenters. The highest BCUT2D eigenvalue weighted by Crippen LogP contribution is 2.22. The van der Waals surface area contributed by atoms with E-state index < -0.39 is 5.82 Å². The smallest absolute Gasteiger partial charge is 0.167 e. The summed E-state index contributed by atoms with van der Waals surface area (Å²) in [6.07, 6.45) is 3.30. The molecular weight excluding hydrogens is 233 g/mol. The lowest BCUT2D eigenvalue weighted by atomic mass is 10.2. The van der Waals surface area contributed by atoms with Crippen LogP contribution in [0.25, 0.3) is 5.69 Å². The zero-order chi connectivity index (χ0) is 13.1. The summed E-state index contributed by atoms with van der Waals surface area (Å²) >= 11 is 0. The minimum atomic E-state index is -0.390. The van der Waals surface area contributed by atoms with Crippen LogP contribution in [-0.2, 0) is 0 Å². The fourth-order valence-corrected chi connectivity index (χ4v) is 1.77. The molecule has 0 amide bonds. The van der Waals surface area contributed by atoms with Gasteiger partial charge in [0.05, 0.1) is 30.5 Å². The summed E-state index contributed by atoms with van der Waals surface area (Å²) in [5, 5.41) is 0. The van der Waals surface area contributed by atoms with E-state index in [2.05, 4.69) is 4.98 Å². The summed E-state index contributed by atoms with van der Waals surface area (Å²) in [4.78, 5) is 4.04. The van der Waals surface area contributed by atoms with Crippen molar-refractivity contribution in [2.75, 3.05) is 6.61 Å². The third-order valence-electron chi connectivity index (χ3n) is 2.63. The fourth-order valence-electron chi connectivity index (χ4n) is 1.77. The van der Waals surface area contributed by atoms with Gasteiger partial charge in [-0.1, -0.05) is 0 Å². The maximum Gasteiger partial charge on any atom is 0.167 e. The number of nitrogens with two attached hydrogens (primary N) is 1. The zero-order valence-corrected chi connectivity index (χ0v) is 10.4. The van der Waals surface area contributed by atoms with Crippen molar-refractivity contribution in [2.45, 2.75) is 19.9 Å². The van der Waals surface area contributed by atoms with Crippen molar-refractivity contribution < 1.29 is 9.13 Å². The molecule has 4 nitrogen and oxygen atoms in total. The molecule has 96 valence electrons. The second-order valence-electron chi connectivity index (χ2n) is 4.02. The largest absolute Gasteiger partial charge is 0.491 e. The van der Waals surface area contributed by atoms with Crippen LogP contribution in [0.15, 0.2) is 30.7 Å². The SMILES string of the molecule is CCOc1ccc(-n2cncc2[C@@H](C)N)cc1F. The highest BCUT2D eigenvalue weighted by Gasteiger charge is 2.10. The summed E-state index contributed by atoms with van der Waals surface area (Å²) < 4.78 is 20.7. The van der Waals surface area contributed by atoms with Crippen molar-refractivity contribution in [3.8, 4) is 11.4 Å². The normalized spacial score (nSPS) is 12.4. The van der Waals surface area contributed by atoms with Crippen LogP contribution in [-0.4, -0.2) is 16.2 Å². The molecule has 18 heavy (non-hydrogen) atoms. The predicted octanol–water partition coefficient (Wildman–Crippen LogP) is 2.43. The quantitative estimate of drug-likeness (QED) is 0.905. The lowest BCUT2D eigenvalue weighted by Crippen LogP contribution is -2.10. The number of nitrogens with zero attached hydrogens (tertiary/aromatic N) is 2. The van der Waals surface area contributed by atoms with Crippen LogP contribution in [0.4, 0.5) is 4.39 Å². The number of hydrogen-bond donors (Lipinski definition) is 1. The summed E-state index contributed by atoms with van der Waals surface area (Å²) in [6, 6.07) is 4.64. The molecule has 0 aliphatic carbocycles. The summed E-state index contributed by atoms with van der Waals surface area (Å²) in [6.45, 7) is 4.11. The number of hydrogen-bond acceptors (Lipinski definition) is 3. The van der Waals surface area contributed by atoms with E-state index in [0.717, 1.165) is 5.69 Å². The number of imidazole rings is 1. The number of ether oxygens (including phenoxy) is 1. The lowest BCUT2D eigenvalue weighted by molar-refractivity contribution is 0.321. The first-order valence-electron chi connectivity index (χ1n) is 5.84. The third kappa shape index (κ3) is 2.36. The van der Waals surface area contributed by atoms with Crippen molar-refractivity contribution >= 4 is 0 Å². The molecule has 1 heterocycles. The highest BCUT2D eigenvalue weighted by molar-refractivity contribution is 5.40. The number of halogens is 1. The average molecular weight is 249 g/mol. The Labute approximate surface area is 105 Å². The van der Waals surface area contributed by atoms with Gasteiger partial charge in [-0.2, -0.15) is 0 Å². The molecule has 0 saturated carbocycles. The van der Waals surface area contributed by atoms with Crippen molar-refractivity contribution in [2.24, 2.45) is 5.73 Å². The van der Waals surface area contributed by atoms with Gasteiger partial charge < -0.3 is 15.0 Å². The fraction of sp³-hybridized carbons (Fsp3) is 0.308. The second-order valence-corrected chi connectivity index (χ2v) is 4.02. The van der Waals surface area contributed by atoms with E-state index in [4.69, 9.17) is 10.5 Å². The van der Waals surface area contributed by atoms with Crippen LogP contribution in [0.3, 0.4) is 0 Å². The Kier molecular flexibility index (Phi) is 3.62. The van der Waals surface area contributed by atoms with Gasteiger partial charge in [-0.3, -0.25) is 0 Å². The highest BCUT2D eigenvalue weighted by atomic mass is 19.1. The van der Waals surface area contributed by atoms with Gasteiger partial charge in [0.1, 0.15) is 0 Å². The van der Waals surface area contributed by atoms with E-state index >= 15 is 0 Å². The van der Waals surface area contributed by atoms with E-state index in [1.54, 1.807) is 29.2 Å². The molecule has 2 aromatic rings. The van der Waals surface area contributed by atoms with Gasteiger partial charge in [0.15, 0.2) is 11.6 Å². The van der Waals surface area contributed by atoms with Crippen LogP contribution in [0.2, 0.25) is 0 Å². The molecule has 0 aliphatic rings. The van der Waals surface area contributed by atoms with E-state index in [0.29, 0.717) is 12.3 Å². The first-order chi connectivity index (χ1) is 8.63. The number of rotatable bonds is 4. The minimum absolute atomic E-state index is 0.165. The van der Waals surface area contributed by atoms with Gasteiger partial charge in [0.25, 0.3) is 0 Å². The van der Waals surface area contributed by atoms with E-state index in [1.807, 2.05) is 13.8 Å². The van der Waals surface area contributed by atoms with Gasteiger partial charge >= 0.3 is 0 Å². The Balaban J connectivity index is 2.39. The molecule has 0 bridgehead atoms. The maximum atomic E-state index is 13.8. The standard InChI is InChI=1S/C13H16FN3O/c1-3-18-13-5-4-10(6-11(13)14)17-8-16-7-12(17)9(2)15/h4-9H,3,15H2,1-2H3/t9-/m1/s1. The van der Waals surface area contributed by atoms with Crippen LogP contribution in [0, 0.1) is 5.82 Å². The van der Waals surface area contributed by atoms with Crippen LogP contribution < -0.4 is 10.5 Å². The Hall–Kier alpha value is -1.88. The van der Waals surface area contributed by atoms with Crippen molar-refractivity contribution in [3.63, 3.8) is 0 Å². The van der Waals surface area contributed by atoms with E-state index in [-0.39, 0.29) is 11.8 Å². The molecule has 0 radical (unpaired) electrons. The van der Waals surface area contributed by atoms with Gasteiger partial charge in [-0.15, -0.1) is 0 Å².